The maximum absolute atomic E-state index is 12.3. The molecule has 26 heavy (non-hydrogen) atoms. The van der Waals surface area contributed by atoms with Crippen LogP contribution in [-0.4, -0.2) is 35.3 Å². The van der Waals surface area contributed by atoms with Gasteiger partial charge in [0.1, 0.15) is 11.3 Å². The number of anilines is 2. The molecule has 3 aromatic rings. The molecular formula is C18H18N4O4. The third-order valence-corrected chi connectivity index (χ3v) is 3.63. The van der Waals surface area contributed by atoms with Crippen LogP contribution in [0.5, 0.6) is 5.75 Å². The molecule has 8 heteroatoms. The third-order valence-electron chi connectivity index (χ3n) is 3.63. The Morgan fingerprint density at radius 2 is 2.00 bits per heavy atom. The van der Waals surface area contributed by atoms with E-state index in [4.69, 9.17) is 9.47 Å². The normalized spacial score (nSPS) is 10.4. The Morgan fingerprint density at radius 3 is 2.77 bits per heavy atom. The molecule has 2 amide bonds. The highest BCUT2D eigenvalue weighted by molar-refractivity contribution is 6.02. The Kier molecular flexibility index (Phi) is 5.02. The number of carbonyl (C=O) groups excluding carboxylic acids is 2. The van der Waals surface area contributed by atoms with Crippen molar-refractivity contribution in [2.75, 3.05) is 24.4 Å². The van der Waals surface area contributed by atoms with Crippen LogP contribution in [0.25, 0.3) is 5.52 Å². The zero-order valence-electron chi connectivity index (χ0n) is 14.4. The van der Waals surface area contributed by atoms with Crippen LogP contribution in [0.1, 0.15) is 17.3 Å². The van der Waals surface area contributed by atoms with E-state index in [1.165, 1.54) is 17.8 Å². The number of hydrogen-bond donors (Lipinski definition) is 2. The summed E-state index contributed by atoms with van der Waals surface area (Å²) in [5.41, 5.74) is 1.93. The van der Waals surface area contributed by atoms with Crippen molar-refractivity contribution in [3.8, 4) is 5.75 Å². The van der Waals surface area contributed by atoms with E-state index in [0.717, 1.165) is 0 Å². The molecule has 0 saturated heterocycles. The summed E-state index contributed by atoms with van der Waals surface area (Å²) in [6.45, 7) is 2.01. The number of nitrogens with one attached hydrogen (secondary N) is 2. The fourth-order valence-electron chi connectivity index (χ4n) is 2.46. The van der Waals surface area contributed by atoms with Crippen LogP contribution >= 0.6 is 0 Å². The van der Waals surface area contributed by atoms with Crippen molar-refractivity contribution in [2.24, 2.45) is 0 Å². The Labute approximate surface area is 149 Å². The van der Waals surface area contributed by atoms with E-state index in [9.17, 15) is 9.59 Å². The number of ether oxygens (including phenoxy) is 2. The van der Waals surface area contributed by atoms with Gasteiger partial charge in [0, 0.05) is 11.9 Å². The molecule has 0 saturated carbocycles. The topological polar surface area (TPSA) is 94.0 Å². The van der Waals surface area contributed by atoms with Gasteiger partial charge in [-0.05, 0) is 31.2 Å². The highest BCUT2D eigenvalue weighted by Gasteiger charge is 2.15. The van der Waals surface area contributed by atoms with Gasteiger partial charge < -0.3 is 20.1 Å². The summed E-state index contributed by atoms with van der Waals surface area (Å²) in [5.74, 6) is 0.0941. The van der Waals surface area contributed by atoms with Gasteiger partial charge in [0.2, 0.25) is 0 Å². The van der Waals surface area contributed by atoms with Crippen molar-refractivity contribution in [1.82, 2.24) is 9.61 Å². The van der Waals surface area contributed by atoms with Crippen LogP contribution in [0.4, 0.5) is 16.2 Å². The minimum absolute atomic E-state index is 0.273. The van der Waals surface area contributed by atoms with Gasteiger partial charge in [0.25, 0.3) is 0 Å². The summed E-state index contributed by atoms with van der Waals surface area (Å²) in [4.78, 5) is 24.2. The van der Waals surface area contributed by atoms with Crippen LogP contribution in [0.15, 0.2) is 48.8 Å². The van der Waals surface area contributed by atoms with Gasteiger partial charge in [-0.15, -0.1) is 0 Å². The number of hydrogen-bond acceptors (Lipinski definition) is 5. The maximum atomic E-state index is 12.3. The van der Waals surface area contributed by atoms with E-state index in [0.29, 0.717) is 28.2 Å². The molecule has 0 spiro atoms. The first-order chi connectivity index (χ1) is 12.6. The first-order valence-corrected chi connectivity index (χ1v) is 7.98. The van der Waals surface area contributed by atoms with Crippen molar-refractivity contribution in [3.05, 3.63) is 54.4 Å². The fraction of sp³-hybridized carbons (Fsp3) is 0.167. The predicted molar refractivity (Wildman–Crippen MR) is 96.8 cm³/mol. The summed E-state index contributed by atoms with van der Waals surface area (Å²) in [7, 11) is 1.53. The molecule has 1 aromatic carbocycles. The number of urea groups is 1. The lowest BCUT2D eigenvalue weighted by Crippen LogP contribution is -2.20. The molecule has 0 aliphatic rings. The van der Waals surface area contributed by atoms with E-state index in [1.54, 1.807) is 43.5 Å². The molecule has 0 fully saturated rings. The van der Waals surface area contributed by atoms with Gasteiger partial charge >= 0.3 is 12.0 Å². The minimum atomic E-state index is -0.460. The average molecular weight is 354 g/mol. The zero-order valence-corrected chi connectivity index (χ0v) is 14.4. The third kappa shape index (κ3) is 3.59. The smallest absolute Gasteiger partial charge is 0.341 e. The van der Waals surface area contributed by atoms with Crippen LogP contribution in [0, 0.1) is 0 Å². The van der Waals surface area contributed by atoms with Gasteiger partial charge in [-0.25, -0.2) is 14.1 Å². The number of esters is 1. The molecule has 134 valence electrons. The Balaban J connectivity index is 1.79. The molecule has 0 aliphatic heterocycles. The number of amides is 2. The second-order valence-corrected chi connectivity index (χ2v) is 5.30. The first-order valence-electron chi connectivity index (χ1n) is 7.98. The van der Waals surface area contributed by atoms with Crippen molar-refractivity contribution >= 4 is 28.9 Å². The van der Waals surface area contributed by atoms with Gasteiger partial charge in [0.15, 0.2) is 0 Å². The highest BCUT2D eigenvalue weighted by atomic mass is 16.5. The molecule has 0 radical (unpaired) electrons. The van der Waals surface area contributed by atoms with Crippen LogP contribution in [0.2, 0.25) is 0 Å². The quantitative estimate of drug-likeness (QED) is 0.687. The van der Waals surface area contributed by atoms with Gasteiger partial charge in [-0.3, -0.25) is 0 Å². The number of nitrogens with zero attached hydrogens (tertiary/aromatic N) is 2. The lowest BCUT2D eigenvalue weighted by Gasteiger charge is -2.11. The standard InChI is InChI=1S/C18H18N4O4/c1-3-26-17(23)13-11-19-22-9-8-12(10-15(13)22)20-18(24)21-14-6-4-5-7-16(14)25-2/h4-11H,3H2,1-2H3,(H2,20,21,24). The SMILES string of the molecule is CCOC(=O)c1cnn2ccc(NC(=O)Nc3ccccc3OC)cc12. The number of pyridine rings is 1. The largest absolute Gasteiger partial charge is 0.495 e. The van der Waals surface area contributed by atoms with Gasteiger partial charge in [0.05, 0.1) is 31.1 Å². The van der Waals surface area contributed by atoms with E-state index < -0.39 is 12.0 Å². The molecular weight excluding hydrogens is 336 g/mol. The van der Waals surface area contributed by atoms with Crippen molar-refractivity contribution in [3.63, 3.8) is 0 Å². The number of benzene rings is 1. The van der Waals surface area contributed by atoms with Crippen molar-refractivity contribution < 1.29 is 19.1 Å². The van der Waals surface area contributed by atoms with E-state index >= 15 is 0 Å². The molecule has 2 N–H and O–H groups in total. The van der Waals surface area contributed by atoms with E-state index in [2.05, 4.69) is 15.7 Å². The molecule has 0 aliphatic carbocycles. The Hall–Kier alpha value is -3.55. The van der Waals surface area contributed by atoms with Crippen molar-refractivity contribution in [1.29, 1.82) is 0 Å². The number of para-hydroxylation sites is 2. The summed E-state index contributed by atoms with van der Waals surface area (Å²) >= 11 is 0. The lowest BCUT2D eigenvalue weighted by atomic mass is 10.2. The number of aromatic nitrogens is 2. The second kappa shape index (κ2) is 7.56. The summed E-state index contributed by atoms with van der Waals surface area (Å²) in [5, 5.41) is 9.55. The van der Waals surface area contributed by atoms with E-state index in [1.807, 2.05) is 6.07 Å². The number of methoxy groups -OCH3 is 1. The second-order valence-electron chi connectivity index (χ2n) is 5.30. The van der Waals surface area contributed by atoms with Crippen molar-refractivity contribution in [2.45, 2.75) is 6.92 Å². The first kappa shape index (κ1) is 17.3. The highest BCUT2D eigenvalue weighted by Crippen LogP contribution is 2.23. The van der Waals surface area contributed by atoms with Crippen LogP contribution in [0.3, 0.4) is 0 Å². The lowest BCUT2D eigenvalue weighted by molar-refractivity contribution is 0.0528. The van der Waals surface area contributed by atoms with Crippen LogP contribution < -0.4 is 15.4 Å². The molecule has 2 aromatic heterocycles. The minimum Gasteiger partial charge on any atom is -0.495 e. The Morgan fingerprint density at radius 1 is 1.19 bits per heavy atom. The fourth-order valence-corrected chi connectivity index (χ4v) is 2.46. The molecule has 2 heterocycles. The molecule has 0 bridgehead atoms. The summed E-state index contributed by atoms with van der Waals surface area (Å²) in [6.07, 6.45) is 3.09. The Bertz CT molecular complexity index is 951. The average Bonchev–Trinajstić information content (AvgIpc) is 3.05. The molecule has 0 atom stereocenters. The van der Waals surface area contributed by atoms with Gasteiger partial charge in [-0.2, -0.15) is 5.10 Å². The van der Waals surface area contributed by atoms with Gasteiger partial charge in [-0.1, -0.05) is 12.1 Å². The zero-order chi connectivity index (χ0) is 18.5. The summed E-state index contributed by atoms with van der Waals surface area (Å²) < 4.78 is 11.8. The van der Waals surface area contributed by atoms with Crippen LogP contribution in [-0.2, 0) is 4.74 Å². The number of rotatable bonds is 5. The molecule has 0 unspecified atom stereocenters. The monoisotopic (exact) mass is 354 g/mol. The molecule has 3 rings (SSSR count). The number of carbonyl (C=O) groups is 2. The van der Waals surface area contributed by atoms with E-state index in [-0.39, 0.29) is 6.61 Å². The number of fused-ring (bicyclic) bond motifs is 1. The molecule has 8 nitrogen and oxygen atoms in total. The summed E-state index contributed by atoms with van der Waals surface area (Å²) in [6, 6.07) is 9.99. The maximum Gasteiger partial charge on any atom is 0.341 e. The predicted octanol–water partition coefficient (Wildman–Crippen LogP) is 3.16.